The van der Waals surface area contributed by atoms with Crippen molar-refractivity contribution < 1.29 is 8.42 Å². The first-order valence-electron chi connectivity index (χ1n) is 6.50. The summed E-state index contributed by atoms with van der Waals surface area (Å²) in [5, 5.41) is 0. The topological polar surface area (TPSA) is 37.4 Å². The maximum Gasteiger partial charge on any atom is 0.218 e. The van der Waals surface area contributed by atoms with Crippen LogP contribution in [0.3, 0.4) is 0 Å². The third kappa shape index (κ3) is 3.12. The number of rotatable bonds is 4. The van der Waals surface area contributed by atoms with Gasteiger partial charge < -0.3 is 0 Å². The highest BCUT2D eigenvalue weighted by Gasteiger charge is 2.28. The molecule has 100 valence electrons. The highest BCUT2D eigenvalue weighted by molar-refractivity contribution is 7.88. The van der Waals surface area contributed by atoms with Crippen LogP contribution in [0.15, 0.2) is 24.3 Å². The van der Waals surface area contributed by atoms with E-state index in [4.69, 9.17) is 0 Å². The van der Waals surface area contributed by atoms with Crippen LogP contribution in [-0.4, -0.2) is 25.8 Å². The Morgan fingerprint density at radius 3 is 2.28 bits per heavy atom. The summed E-state index contributed by atoms with van der Waals surface area (Å²) in [6, 6.07) is 7.92. The van der Waals surface area contributed by atoms with E-state index in [-0.39, 0.29) is 11.8 Å². The zero-order chi connectivity index (χ0) is 13.2. The van der Waals surface area contributed by atoms with Crippen LogP contribution in [0.5, 0.6) is 0 Å². The number of hydrogen-bond acceptors (Lipinski definition) is 2. The number of hydrogen-bond donors (Lipinski definition) is 0. The van der Waals surface area contributed by atoms with Crippen LogP contribution in [-0.2, 0) is 15.8 Å². The van der Waals surface area contributed by atoms with Crippen LogP contribution >= 0.6 is 0 Å². The average Bonchev–Trinajstić information content (AvgIpc) is 2.84. The van der Waals surface area contributed by atoms with Gasteiger partial charge in [-0.05, 0) is 25.3 Å². The largest absolute Gasteiger partial charge is 0.218 e. The molecule has 0 N–H and O–H groups in total. The Hall–Kier alpha value is -0.870. The molecule has 3 nitrogen and oxygen atoms in total. The second-order valence-electron chi connectivity index (χ2n) is 5.20. The molecule has 2 rings (SSSR count). The van der Waals surface area contributed by atoms with Crippen LogP contribution in [0, 0.1) is 6.92 Å². The lowest BCUT2D eigenvalue weighted by Crippen LogP contribution is -2.36. The molecule has 4 heteroatoms. The zero-order valence-corrected chi connectivity index (χ0v) is 11.9. The van der Waals surface area contributed by atoms with Crippen molar-refractivity contribution in [2.24, 2.45) is 0 Å². The summed E-state index contributed by atoms with van der Waals surface area (Å²) >= 11 is 0. The maximum absolute atomic E-state index is 12.3. The van der Waals surface area contributed by atoms with E-state index in [9.17, 15) is 8.42 Å². The van der Waals surface area contributed by atoms with Gasteiger partial charge in [0.1, 0.15) is 0 Å². The lowest BCUT2D eigenvalue weighted by Gasteiger charge is -2.23. The number of aryl methyl sites for hydroxylation is 1. The molecule has 0 atom stereocenters. The molecule has 0 radical (unpaired) electrons. The minimum Gasteiger partial charge on any atom is -0.212 e. The van der Waals surface area contributed by atoms with E-state index in [1.807, 2.05) is 31.2 Å². The third-order valence-corrected chi connectivity index (χ3v) is 5.62. The maximum atomic E-state index is 12.3. The van der Waals surface area contributed by atoms with Gasteiger partial charge in [-0.3, -0.25) is 0 Å². The van der Waals surface area contributed by atoms with Crippen LogP contribution in [0.25, 0.3) is 0 Å². The van der Waals surface area contributed by atoms with Gasteiger partial charge >= 0.3 is 0 Å². The molecule has 0 aliphatic heterocycles. The average molecular weight is 267 g/mol. The lowest BCUT2D eigenvalue weighted by atomic mass is 10.2. The van der Waals surface area contributed by atoms with E-state index in [1.165, 1.54) is 0 Å². The lowest BCUT2D eigenvalue weighted by molar-refractivity contribution is 0.372. The summed E-state index contributed by atoms with van der Waals surface area (Å²) in [5.74, 6) is 0.111. The molecule has 0 amide bonds. The van der Waals surface area contributed by atoms with Crippen LogP contribution in [0.2, 0.25) is 0 Å². The third-order valence-electron chi connectivity index (χ3n) is 3.75. The van der Waals surface area contributed by atoms with Crippen molar-refractivity contribution >= 4 is 10.0 Å². The van der Waals surface area contributed by atoms with Crippen molar-refractivity contribution in [2.75, 3.05) is 7.05 Å². The van der Waals surface area contributed by atoms with Crippen molar-refractivity contribution in [1.82, 2.24) is 4.31 Å². The number of sulfonamides is 1. The molecule has 1 aliphatic rings. The van der Waals surface area contributed by atoms with Crippen LogP contribution in [0.4, 0.5) is 0 Å². The molecular formula is C14H21NO2S. The predicted molar refractivity (Wildman–Crippen MR) is 73.8 cm³/mol. The molecule has 1 saturated carbocycles. The van der Waals surface area contributed by atoms with E-state index in [0.717, 1.165) is 36.8 Å². The van der Waals surface area contributed by atoms with Gasteiger partial charge in [0.25, 0.3) is 0 Å². The summed E-state index contributed by atoms with van der Waals surface area (Å²) in [7, 11) is -1.45. The first kappa shape index (κ1) is 13.6. The molecular weight excluding hydrogens is 246 g/mol. The SMILES string of the molecule is Cc1ccc(CS(=O)(=O)N(C)C2CCCC2)cc1. The minimum atomic E-state index is -3.18. The molecule has 0 saturated heterocycles. The molecule has 18 heavy (non-hydrogen) atoms. The fraction of sp³-hybridized carbons (Fsp3) is 0.571. The van der Waals surface area contributed by atoms with Crippen molar-refractivity contribution in [3.05, 3.63) is 35.4 Å². The van der Waals surface area contributed by atoms with Crippen molar-refractivity contribution in [2.45, 2.75) is 44.4 Å². The summed E-state index contributed by atoms with van der Waals surface area (Å²) in [4.78, 5) is 0. The molecule has 1 fully saturated rings. The highest BCUT2D eigenvalue weighted by Crippen LogP contribution is 2.25. The predicted octanol–water partition coefficient (Wildman–Crippen LogP) is 2.70. The second kappa shape index (κ2) is 5.41. The molecule has 1 aromatic rings. The van der Waals surface area contributed by atoms with E-state index < -0.39 is 10.0 Å². The zero-order valence-electron chi connectivity index (χ0n) is 11.1. The summed E-state index contributed by atoms with van der Waals surface area (Å²) < 4.78 is 26.2. The molecule has 1 aliphatic carbocycles. The van der Waals surface area contributed by atoms with Crippen LogP contribution < -0.4 is 0 Å². The van der Waals surface area contributed by atoms with Gasteiger partial charge in [0.2, 0.25) is 10.0 Å². The Balaban J connectivity index is 2.08. The second-order valence-corrected chi connectivity index (χ2v) is 7.22. The monoisotopic (exact) mass is 267 g/mol. The fourth-order valence-corrected chi connectivity index (χ4v) is 3.97. The highest BCUT2D eigenvalue weighted by atomic mass is 32.2. The molecule has 0 spiro atoms. The van der Waals surface area contributed by atoms with Crippen molar-refractivity contribution in [3.63, 3.8) is 0 Å². The quantitative estimate of drug-likeness (QED) is 0.841. The fourth-order valence-electron chi connectivity index (χ4n) is 2.49. The Morgan fingerprint density at radius 1 is 1.17 bits per heavy atom. The number of nitrogens with zero attached hydrogens (tertiary/aromatic N) is 1. The van der Waals surface area contributed by atoms with Gasteiger partial charge in [-0.25, -0.2) is 12.7 Å². The Morgan fingerprint density at radius 2 is 1.72 bits per heavy atom. The van der Waals surface area contributed by atoms with Crippen molar-refractivity contribution in [3.8, 4) is 0 Å². The first-order chi connectivity index (χ1) is 8.49. The first-order valence-corrected chi connectivity index (χ1v) is 8.11. The van der Waals surface area contributed by atoms with Gasteiger partial charge in [0.15, 0.2) is 0 Å². The van der Waals surface area contributed by atoms with E-state index >= 15 is 0 Å². The standard InChI is InChI=1S/C14H21NO2S/c1-12-7-9-13(10-8-12)11-18(16,17)15(2)14-5-3-4-6-14/h7-10,14H,3-6,11H2,1-2H3. The molecule has 0 bridgehead atoms. The number of benzene rings is 1. The van der Waals surface area contributed by atoms with E-state index in [0.29, 0.717) is 0 Å². The smallest absolute Gasteiger partial charge is 0.212 e. The van der Waals surface area contributed by atoms with Crippen molar-refractivity contribution in [1.29, 1.82) is 0 Å². The van der Waals surface area contributed by atoms with E-state index in [2.05, 4.69) is 0 Å². The van der Waals surface area contributed by atoms with Gasteiger partial charge in [0, 0.05) is 13.1 Å². The van der Waals surface area contributed by atoms with Gasteiger partial charge in [-0.15, -0.1) is 0 Å². The van der Waals surface area contributed by atoms with E-state index in [1.54, 1.807) is 11.4 Å². The molecule has 0 unspecified atom stereocenters. The van der Waals surface area contributed by atoms with Gasteiger partial charge in [-0.2, -0.15) is 0 Å². The van der Waals surface area contributed by atoms with Gasteiger partial charge in [0.05, 0.1) is 5.75 Å². The molecule has 1 aromatic carbocycles. The Bertz CT molecular complexity index is 487. The summed E-state index contributed by atoms with van der Waals surface area (Å²) in [6.45, 7) is 2.00. The Labute approximate surface area is 110 Å². The van der Waals surface area contributed by atoms with Crippen LogP contribution in [0.1, 0.15) is 36.8 Å². The Kier molecular flexibility index (Phi) is 4.07. The minimum absolute atomic E-state index is 0.111. The summed E-state index contributed by atoms with van der Waals surface area (Å²) in [6.07, 6.45) is 4.30. The summed E-state index contributed by atoms with van der Waals surface area (Å²) in [5.41, 5.74) is 2.02. The normalized spacial score (nSPS) is 17.5. The van der Waals surface area contributed by atoms with Gasteiger partial charge in [-0.1, -0.05) is 42.7 Å². The molecule has 0 heterocycles. The molecule has 0 aromatic heterocycles.